The fraction of sp³-hybridized carbons (Fsp3) is 0.706. The summed E-state index contributed by atoms with van der Waals surface area (Å²) in [6.07, 6.45) is 6.24. The van der Waals surface area contributed by atoms with E-state index in [-0.39, 0.29) is 5.91 Å². The molecule has 0 spiro atoms. The Bertz CT molecular complexity index is 502. The summed E-state index contributed by atoms with van der Waals surface area (Å²) < 4.78 is 2.10. The fourth-order valence-electron chi connectivity index (χ4n) is 3.61. The first kappa shape index (κ1) is 14.6. The maximum atomic E-state index is 12.5. The standard InChI is InChI=1S/C17H27N3O/c1-14-7-3-4-12-20(14)13-15-8-9-16(18(15)2)17(21)19-10-5-6-11-19/h8-9,14H,3-7,10-13H2,1-2H3. The van der Waals surface area contributed by atoms with Crippen molar-refractivity contribution in [3.63, 3.8) is 0 Å². The van der Waals surface area contributed by atoms with Crippen molar-refractivity contribution in [2.75, 3.05) is 19.6 Å². The zero-order valence-corrected chi connectivity index (χ0v) is 13.3. The zero-order chi connectivity index (χ0) is 14.8. The van der Waals surface area contributed by atoms with Gasteiger partial charge in [0.1, 0.15) is 5.69 Å². The third-order valence-corrected chi connectivity index (χ3v) is 5.14. The van der Waals surface area contributed by atoms with E-state index in [1.165, 1.54) is 31.5 Å². The Labute approximate surface area is 127 Å². The van der Waals surface area contributed by atoms with Crippen LogP contribution in [0.3, 0.4) is 0 Å². The Morgan fingerprint density at radius 1 is 1.14 bits per heavy atom. The van der Waals surface area contributed by atoms with Crippen LogP contribution in [0.1, 0.15) is 55.2 Å². The van der Waals surface area contributed by atoms with Gasteiger partial charge in [0.15, 0.2) is 0 Å². The fourth-order valence-corrected chi connectivity index (χ4v) is 3.61. The predicted molar refractivity (Wildman–Crippen MR) is 84.3 cm³/mol. The third-order valence-electron chi connectivity index (χ3n) is 5.14. The summed E-state index contributed by atoms with van der Waals surface area (Å²) in [6, 6.07) is 4.79. The van der Waals surface area contributed by atoms with Gasteiger partial charge >= 0.3 is 0 Å². The van der Waals surface area contributed by atoms with E-state index in [1.54, 1.807) is 0 Å². The lowest BCUT2D eigenvalue weighted by Crippen LogP contribution is -2.37. The van der Waals surface area contributed by atoms with Gasteiger partial charge in [0.05, 0.1) is 0 Å². The molecule has 0 aromatic carbocycles. The van der Waals surface area contributed by atoms with Crippen molar-refractivity contribution in [2.45, 2.75) is 51.6 Å². The molecule has 1 aromatic rings. The molecule has 2 fully saturated rings. The van der Waals surface area contributed by atoms with Crippen LogP contribution in [0.25, 0.3) is 0 Å². The molecule has 0 bridgehead atoms. The van der Waals surface area contributed by atoms with Gasteiger partial charge in [-0.3, -0.25) is 9.69 Å². The van der Waals surface area contributed by atoms with Gasteiger partial charge in [0, 0.05) is 38.4 Å². The highest BCUT2D eigenvalue weighted by Crippen LogP contribution is 2.21. The van der Waals surface area contributed by atoms with Crippen LogP contribution < -0.4 is 0 Å². The molecule has 2 aliphatic rings. The van der Waals surface area contributed by atoms with Gasteiger partial charge in [0.2, 0.25) is 0 Å². The Morgan fingerprint density at radius 2 is 1.86 bits per heavy atom. The average molecular weight is 289 g/mol. The lowest BCUT2D eigenvalue weighted by molar-refractivity contribution is 0.0782. The van der Waals surface area contributed by atoms with E-state index in [9.17, 15) is 4.79 Å². The van der Waals surface area contributed by atoms with E-state index in [0.29, 0.717) is 6.04 Å². The Hall–Kier alpha value is -1.29. The minimum Gasteiger partial charge on any atom is -0.342 e. The molecular formula is C17H27N3O. The number of rotatable bonds is 3. The third kappa shape index (κ3) is 3.00. The number of nitrogens with zero attached hydrogens (tertiary/aromatic N) is 3. The maximum Gasteiger partial charge on any atom is 0.270 e. The number of hydrogen-bond donors (Lipinski definition) is 0. The number of carbonyl (C=O) groups is 1. The highest BCUT2D eigenvalue weighted by atomic mass is 16.2. The summed E-state index contributed by atoms with van der Waals surface area (Å²) in [5.74, 6) is 0.202. The number of carbonyl (C=O) groups excluding carboxylic acids is 1. The molecule has 21 heavy (non-hydrogen) atoms. The van der Waals surface area contributed by atoms with Gasteiger partial charge in [-0.25, -0.2) is 0 Å². The lowest BCUT2D eigenvalue weighted by atomic mass is 10.0. The number of aromatic nitrogens is 1. The molecule has 4 heteroatoms. The van der Waals surface area contributed by atoms with Crippen molar-refractivity contribution >= 4 is 5.91 Å². The number of hydrogen-bond acceptors (Lipinski definition) is 2. The average Bonchev–Trinajstić information content (AvgIpc) is 3.12. The molecule has 2 saturated heterocycles. The molecule has 3 heterocycles. The molecule has 1 unspecified atom stereocenters. The number of piperidine rings is 1. The first-order valence-electron chi connectivity index (χ1n) is 8.35. The van der Waals surface area contributed by atoms with Gasteiger partial charge in [-0.05, 0) is 51.3 Å². The van der Waals surface area contributed by atoms with Gasteiger partial charge < -0.3 is 9.47 Å². The van der Waals surface area contributed by atoms with E-state index >= 15 is 0 Å². The first-order chi connectivity index (χ1) is 10.2. The molecule has 2 aliphatic heterocycles. The second kappa shape index (κ2) is 6.22. The second-order valence-corrected chi connectivity index (χ2v) is 6.58. The summed E-state index contributed by atoms with van der Waals surface area (Å²) in [7, 11) is 2.03. The highest BCUT2D eigenvalue weighted by Gasteiger charge is 2.24. The van der Waals surface area contributed by atoms with Crippen molar-refractivity contribution in [3.8, 4) is 0 Å². The van der Waals surface area contributed by atoms with Gasteiger partial charge in [-0.2, -0.15) is 0 Å². The molecular weight excluding hydrogens is 262 g/mol. The summed E-state index contributed by atoms with van der Waals surface area (Å²) in [4.78, 5) is 17.1. The molecule has 1 aromatic heterocycles. The topological polar surface area (TPSA) is 28.5 Å². The minimum absolute atomic E-state index is 0.202. The van der Waals surface area contributed by atoms with Crippen molar-refractivity contribution in [1.82, 2.24) is 14.4 Å². The quantitative estimate of drug-likeness (QED) is 0.856. The van der Waals surface area contributed by atoms with Crippen LogP contribution in [0, 0.1) is 0 Å². The molecule has 0 aliphatic carbocycles. The minimum atomic E-state index is 0.202. The normalized spacial score (nSPS) is 23.7. The molecule has 0 saturated carbocycles. The Morgan fingerprint density at radius 3 is 2.57 bits per heavy atom. The largest absolute Gasteiger partial charge is 0.342 e. The van der Waals surface area contributed by atoms with Crippen LogP contribution in [0.5, 0.6) is 0 Å². The highest BCUT2D eigenvalue weighted by molar-refractivity contribution is 5.93. The van der Waals surface area contributed by atoms with E-state index in [1.807, 2.05) is 18.0 Å². The molecule has 1 atom stereocenters. The van der Waals surface area contributed by atoms with Gasteiger partial charge in [-0.1, -0.05) is 6.42 Å². The second-order valence-electron chi connectivity index (χ2n) is 6.58. The zero-order valence-electron chi connectivity index (χ0n) is 13.3. The van der Waals surface area contributed by atoms with Crippen LogP contribution in [0.15, 0.2) is 12.1 Å². The summed E-state index contributed by atoms with van der Waals surface area (Å²) >= 11 is 0. The van der Waals surface area contributed by atoms with Crippen molar-refractivity contribution in [3.05, 3.63) is 23.5 Å². The smallest absolute Gasteiger partial charge is 0.270 e. The van der Waals surface area contributed by atoms with Crippen LogP contribution in [0.4, 0.5) is 0 Å². The van der Waals surface area contributed by atoms with E-state index < -0.39 is 0 Å². The lowest BCUT2D eigenvalue weighted by Gasteiger charge is -2.33. The summed E-state index contributed by atoms with van der Waals surface area (Å²) in [5, 5.41) is 0. The Kier molecular flexibility index (Phi) is 4.34. The Balaban J connectivity index is 1.71. The van der Waals surface area contributed by atoms with Crippen molar-refractivity contribution < 1.29 is 4.79 Å². The van der Waals surface area contributed by atoms with Crippen molar-refractivity contribution in [1.29, 1.82) is 0 Å². The van der Waals surface area contributed by atoms with Gasteiger partial charge in [-0.15, -0.1) is 0 Å². The van der Waals surface area contributed by atoms with Crippen LogP contribution >= 0.6 is 0 Å². The van der Waals surface area contributed by atoms with Crippen molar-refractivity contribution in [2.24, 2.45) is 7.05 Å². The predicted octanol–water partition coefficient (Wildman–Crippen LogP) is 2.64. The summed E-state index contributed by atoms with van der Waals surface area (Å²) in [6.45, 7) is 6.30. The van der Waals surface area contributed by atoms with Gasteiger partial charge in [0.25, 0.3) is 5.91 Å². The molecule has 4 nitrogen and oxygen atoms in total. The number of amides is 1. The molecule has 116 valence electrons. The van der Waals surface area contributed by atoms with Crippen LogP contribution in [0.2, 0.25) is 0 Å². The summed E-state index contributed by atoms with van der Waals surface area (Å²) in [5.41, 5.74) is 2.10. The monoisotopic (exact) mass is 289 g/mol. The number of likely N-dealkylation sites (tertiary alicyclic amines) is 2. The van der Waals surface area contributed by atoms with E-state index in [4.69, 9.17) is 0 Å². The first-order valence-corrected chi connectivity index (χ1v) is 8.35. The SMILES string of the molecule is CC1CCCCN1Cc1ccc(C(=O)N2CCCC2)n1C. The van der Waals surface area contributed by atoms with E-state index in [0.717, 1.165) is 38.2 Å². The molecule has 3 rings (SSSR count). The molecule has 0 N–H and O–H groups in total. The van der Waals surface area contributed by atoms with Crippen LogP contribution in [-0.4, -0.2) is 46.0 Å². The van der Waals surface area contributed by atoms with Crippen LogP contribution in [-0.2, 0) is 13.6 Å². The molecule has 0 radical (unpaired) electrons. The molecule has 1 amide bonds. The maximum absolute atomic E-state index is 12.5. The van der Waals surface area contributed by atoms with E-state index in [2.05, 4.69) is 22.5 Å².